The number of likely N-dealkylation sites (tertiary alicyclic amines) is 1. The molecule has 0 atom stereocenters. The van der Waals surface area contributed by atoms with Gasteiger partial charge in [0.15, 0.2) is 36.1 Å². The molecule has 84 heavy (non-hydrogen) atoms. The normalized spacial score (nSPS) is 15.8. The predicted octanol–water partition coefficient (Wildman–Crippen LogP) is 7.49. The summed E-state index contributed by atoms with van der Waals surface area (Å²) in [5.41, 5.74) is -1.70. The van der Waals surface area contributed by atoms with Gasteiger partial charge in [-0.05, 0) is 120 Å². The quantitative estimate of drug-likeness (QED) is 0.0536. The summed E-state index contributed by atoms with van der Waals surface area (Å²) in [4.78, 5) is 85.3. The first-order chi connectivity index (χ1) is 40.2. The number of carbonyl (C=O) groups is 3. The minimum atomic E-state index is -4.76. The minimum absolute atomic E-state index is 0.00805. The van der Waals surface area contributed by atoms with E-state index in [9.17, 15) is 50.3 Å². The number of aryl methyl sites for hydroxylation is 2. The van der Waals surface area contributed by atoms with Gasteiger partial charge in [-0.1, -0.05) is 25.1 Å². The van der Waals surface area contributed by atoms with E-state index in [1.165, 1.54) is 49.2 Å². The van der Waals surface area contributed by atoms with Gasteiger partial charge in [-0.3, -0.25) is 46.8 Å². The van der Waals surface area contributed by atoms with Crippen molar-refractivity contribution in [1.29, 1.82) is 0 Å². The van der Waals surface area contributed by atoms with Crippen molar-refractivity contribution in [3.63, 3.8) is 0 Å². The third kappa shape index (κ3) is 12.6. The van der Waals surface area contributed by atoms with Gasteiger partial charge in [0.2, 0.25) is 0 Å². The molecule has 448 valence electrons. The van der Waals surface area contributed by atoms with E-state index in [1.54, 1.807) is 28.7 Å². The van der Waals surface area contributed by atoms with Crippen LogP contribution >= 0.6 is 0 Å². The summed E-state index contributed by atoms with van der Waals surface area (Å²) in [5, 5.41) is 8.86. The lowest BCUT2D eigenvalue weighted by atomic mass is 9.97. The van der Waals surface area contributed by atoms with E-state index in [0.29, 0.717) is 82.0 Å². The summed E-state index contributed by atoms with van der Waals surface area (Å²) in [7, 11) is 1.99. The van der Waals surface area contributed by atoms with Crippen molar-refractivity contribution in [3.8, 4) is 22.8 Å². The molecule has 0 spiro atoms. The summed E-state index contributed by atoms with van der Waals surface area (Å²) in [5.74, 6) is -1.24. The molecule has 1 amide bonds. The lowest BCUT2D eigenvalue weighted by molar-refractivity contribution is -0.155. The van der Waals surface area contributed by atoms with E-state index in [-0.39, 0.29) is 109 Å². The largest absolute Gasteiger partial charge is 0.444 e. The maximum absolute atomic E-state index is 14.7. The van der Waals surface area contributed by atoms with Crippen molar-refractivity contribution in [3.05, 3.63) is 122 Å². The third-order valence-electron chi connectivity index (χ3n) is 15.6. The molecule has 2 saturated heterocycles. The van der Waals surface area contributed by atoms with Crippen LogP contribution < -0.4 is 16.1 Å². The van der Waals surface area contributed by atoms with Crippen LogP contribution in [0.1, 0.15) is 97.6 Å². The lowest BCUT2D eigenvalue weighted by Crippen LogP contribution is -2.47. The van der Waals surface area contributed by atoms with E-state index >= 15 is 0 Å². The molecule has 8 heterocycles. The number of nitrogens with zero attached hydrogens (tertiary/aromatic N) is 13. The van der Waals surface area contributed by atoms with Crippen LogP contribution in [0, 0.1) is 11.8 Å². The topological polar surface area (TPSA) is 204 Å². The Bertz CT molecular complexity index is 3670. The molecule has 3 aliphatic rings. The molecule has 5 aromatic heterocycles. The second-order valence-corrected chi connectivity index (χ2v) is 21.5. The van der Waals surface area contributed by atoms with Crippen LogP contribution in [0.3, 0.4) is 0 Å². The molecule has 2 aromatic carbocycles. The fourth-order valence-electron chi connectivity index (χ4n) is 11.1. The van der Waals surface area contributed by atoms with Crippen molar-refractivity contribution in [2.45, 2.75) is 118 Å². The van der Waals surface area contributed by atoms with Crippen molar-refractivity contribution < 1.29 is 54.9 Å². The second-order valence-electron chi connectivity index (χ2n) is 21.5. The van der Waals surface area contributed by atoms with Gasteiger partial charge in [0.1, 0.15) is 11.6 Å². The van der Waals surface area contributed by atoms with Crippen LogP contribution in [-0.2, 0) is 82.2 Å². The van der Waals surface area contributed by atoms with Gasteiger partial charge >= 0.3 is 30.0 Å². The molecule has 0 unspecified atom stereocenters. The summed E-state index contributed by atoms with van der Waals surface area (Å²) in [6.07, 6.45) is -0.546. The Morgan fingerprint density at radius 2 is 1.29 bits per heavy atom. The molecule has 27 heteroatoms. The Morgan fingerprint density at radius 1 is 0.679 bits per heavy atom. The summed E-state index contributed by atoms with van der Waals surface area (Å²) in [6, 6.07) is 8.40. The van der Waals surface area contributed by atoms with E-state index in [4.69, 9.17) is 24.2 Å². The third-order valence-corrected chi connectivity index (χ3v) is 15.6. The first kappa shape index (κ1) is 59.1. The monoisotopic (exact) mass is 1170 g/mol. The Labute approximate surface area is 477 Å². The first-order valence-corrected chi connectivity index (χ1v) is 28.1. The number of amides is 1. The van der Waals surface area contributed by atoms with Gasteiger partial charge in [0.25, 0.3) is 11.5 Å². The number of carbonyl (C=O) groups excluding carboxylic acids is 3. The lowest BCUT2D eigenvalue weighted by Gasteiger charge is -2.35. The Kier molecular flexibility index (Phi) is 17.3. The highest BCUT2D eigenvalue weighted by molar-refractivity contribution is 6.00. The molecule has 7 aromatic rings. The van der Waals surface area contributed by atoms with Crippen LogP contribution in [0.2, 0.25) is 0 Å². The number of aromatic nitrogens is 10. The highest BCUT2D eigenvalue weighted by Gasteiger charge is 2.37. The second kappa shape index (κ2) is 24.6. The molecule has 2 fully saturated rings. The Hall–Kier alpha value is -8.07. The van der Waals surface area contributed by atoms with Crippen LogP contribution in [0.4, 0.5) is 32.2 Å². The van der Waals surface area contributed by atoms with Gasteiger partial charge in [-0.15, -0.1) is 0 Å². The molecule has 0 aliphatic carbocycles. The van der Waals surface area contributed by atoms with Crippen LogP contribution in [0.15, 0.2) is 76.8 Å². The van der Waals surface area contributed by atoms with E-state index in [1.807, 2.05) is 25.8 Å². The molecule has 0 N–H and O–H groups in total. The molecule has 0 saturated carbocycles. The SMILES string of the molecule is CCCN1CN(CC)c2nc(-c3cnn(Cc4cc(CCCn5c(=O)c6c(nc(-c7cnn(Cc8cccc(C(F)(F)F)c8)c7)n6COC(=O)C6CCOCC6)n(CC)c5=O)cc(C(F)(F)F)c4)c3)n(COC(=O)C3CCN(C)CC3)c2C1=O. The number of fused-ring (bicyclic) bond motifs is 2. The number of hydrogen-bond acceptors (Lipinski definition) is 14. The van der Waals surface area contributed by atoms with Gasteiger partial charge in [-0.25, -0.2) is 14.8 Å². The van der Waals surface area contributed by atoms with Crippen molar-refractivity contribution >= 4 is 34.8 Å². The Balaban J connectivity index is 0.923. The maximum Gasteiger partial charge on any atom is 0.416 e. The van der Waals surface area contributed by atoms with Crippen LogP contribution in [0.25, 0.3) is 33.9 Å². The van der Waals surface area contributed by atoms with Gasteiger partial charge < -0.3 is 28.9 Å². The molecule has 0 radical (unpaired) electrons. The maximum atomic E-state index is 14.7. The van der Waals surface area contributed by atoms with E-state index in [2.05, 4.69) is 15.1 Å². The van der Waals surface area contributed by atoms with Crippen LogP contribution in [-0.4, -0.2) is 129 Å². The average molecular weight is 1170 g/mol. The number of anilines is 1. The average Bonchev–Trinajstić information content (AvgIpc) is 4.02. The number of esters is 2. The van der Waals surface area contributed by atoms with E-state index < -0.39 is 53.3 Å². The standard InChI is InChI=1S/C57H65F6N13O8/c1-5-17-70-33-69(6-2)49-45(51(70)77)75(34-83-53(79)39-13-19-68(4)20-14-39)47(66-49)41-27-65-72(32-41)30-38-23-36(24-44(26-38)57(61,62)63)11-9-18-74-52(78)46-50(73(7-3)55(74)81)67-48(76(46)35-84-54(80)40-15-21-82-22-16-40)42-28-64-71(31-42)29-37-10-8-12-43(25-37)56(58,59)60/h8,10,12,23-28,31-32,39-40H,5-7,9,11,13-22,29-30,33-35H2,1-4H3. The zero-order valence-electron chi connectivity index (χ0n) is 47.0. The van der Waals surface area contributed by atoms with Gasteiger partial charge in [0.05, 0.1) is 66.2 Å². The highest BCUT2D eigenvalue weighted by Crippen LogP contribution is 2.35. The molecule has 3 aliphatic heterocycles. The number of piperidine rings is 1. The minimum Gasteiger partial charge on any atom is -0.444 e. The van der Waals surface area contributed by atoms with Crippen molar-refractivity contribution in [1.82, 2.24) is 57.6 Å². The number of ether oxygens (including phenoxy) is 3. The summed E-state index contributed by atoms with van der Waals surface area (Å²) < 4.78 is 110. The molecule has 21 nitrogen and oxygen atoms in total. The predicted molar refractivity (Wildman–Crippen MR) is 293 cm³/mol. The number of hydrogen-bond donors (Lipinski definition) is 0. The molecule has 0 bridgehead atoms. The van der Waals surface area contributed by atoms with Crippen molar-refractivity contribution in [2.24, 2.45) is 11.8 Å². The first-order valence-electron chi connectivity index (χ1n) is 28.1. The number of benzene rings is 2. The molecular formula is C57H65F6N13O8. The summed E-state index contributed by atoms with van der Waals surface area (Å²) in [6.45, 7) is 7.83. The number of imidazole rings is 2. The van der Waals surface area contributed by atoms with Crippen molar-refractivity contribution in [2.75, 3.05) is 58.0 Å². The zero-order chi connectivity index (χ0) is 59.6. The fourth-order valence-corrected chi connectivity index (χ4v) is 11.1. The van der Waals surface area contributed by atoms with Gasteiger partial charge in [-0.2, -0.15) is 36.5 Å². The number of alkyl halides is 6. The number of halogens is 6. The van der Waals surface area contributed by atoms with Gasteiger partial charge in [0, 0.05) is 51.8 Å². The fraction of sp³-hybridized carbons (Fsp3) is 0.491. The molecular weight excluding hydrogens is 1110 g/mol. The van der Waals surface area contributed by atoms with Crippen LogP contribution in [0.5, 0.6) is 0 Å². The molecule has 10 rings (SSSR count). The number of rotatable bonds is 20. The smallest absolute Gasteiger partial charge is 0.416 e. The highest BCUT2D eigenvalue weighted by atomic mass is 19.4. The zero-order valence-corrected chi connectivity index (χ0v) is 47.0. The summed E-state index contributed by atoms with van der Waals surface area (Å²) >= 11 is 0. The van der Waals surface area contributed by atoms with E-state index in [0.717, 1.165) is 41.9 Å². The Morgan fingerprint density at radius 3 is 1.92 bits per heavy atom.